The summed E-state index contributed by atoms with van der Waals surface area (Å²) < 4.78 is 29.6. The lowest BCUT2D eigenvalue weighted by molar-refractivity contribution is 0.0681. The lowest BCUT2D eigenvalue weighted by atomic mass is 9.93. The van der Waals surface area contributed by atoms with Gasteiger partial charge in [-0.2, -0.15) is 8.42 Å². The fourth-order valence-corrected chi connectivity index (χ4v) is 4.21. The predicted molar refractivity (Wildman–Crippen MR) is 104 cm³/mol. The molecule has 1 aliphatic rings. The van der Waals surface area contributed by atoms with Crippen molar-refractivity contribution in [2.24, 2.45) is 5.92 Å². The highest BCUT2D eigenvalue weighted by atomic mass is 32.2. The van der Waals surface area contributed by atoms with Crippen LogP contribution in [0.25, 0.3) is 0 Å². The van der Waals surface area contributed by atoms with Crippen LogP contribution in [0.4, 0.5) is 0 Å². The molecule has 0 radical (unpaired) electrons. The zero-order valence-electron chi connectivity index (χ0n) is 15.5. The fourth-order valence-electron chi connectivity index (χ4n) is 3.29. The lowest BCUT2D eigenvalue weighted by Crippen LogP contribution is -2.38. The van der Waals surface area contributed by atoms with Crippen molar-refractivity contribution in [3.05, 3.63) is 65.7 Å². The van der Waals surface area contributed by atoms with Gasteiger partial charge in [0.2, 0.25) is 0 Å². The van der Waals surface area contributed by atoms with E-state index in [1.807, 2.05) is 42.2 Å². The Labute approximate surface area is 161 Å². The van der Waals surface area contributed by atoms with Crippen molar-refractivity contribution in [1.82, 2.24) is 4.90 Å². The molecule has 1 aliphatic heterocycles. The first-order valence-electron chi connectivity index (χ1n) is 9.26. The van der Waals surface area contributed by atoms with E-state index in [1.165, 1.54) is 0 Å². The maximum atomic E-state index is 12.5. The smallest absolute Gasteiger partial charge is 0.296 e. The monoisotopic (exact) mass is 387 g/mol. The fraction of sp³-hybridized carbons (Fsp3) is 0.381. The quantitative estimate of drug-likeness (QED) is 0.710. The summed E-state index contributed by atoms with van der Waals surface area (Å²) in [5.74, 6) is 0.435. The van der Waals surface area contributed by atoms with Gasteiger partial charge in [0.1, 0.15) is 0 Å². The van der Waals surface area contributed by atoms with Crippen molar-refractivity contribution >= 4 is 16.0 Å². The van der Waals surface area contributed by atoms with Gasteiger partial charge in [0.05, 0.1) is 11.5 Å². The van der Waals surface area contributed by atoms with Gasteiger partial charge >= 0.3 is 0 Å². The molecule has 0 spiro atoms. The highest BCUT2D eigenvalue weighted by molar-refractivity contribution is 7.86. The van der Waals surface area contributed by atoms with Gasteiger partial charge in [0.15, 0.2) is 0 Å². The number of piperidine rings is 1. The molecular formula is C21H25NO4S. The van der Waals surface area contributed by atoms with Gasteiger partial charge in [-0.3, -0.25) is 8.98 Å². The third kappa shape index (κ3) is 5.17. The van der Waals surface area contributed by atoms with Crippen LogP contribution in [0.1, 0.15) is 35.2 Å². The number of aryl methyl sites for hydroxylation is 1. The van der Waals surface area contributed by atoms with Crippen molar-refractivity contribution in [3.63, 3.8) is 0 Å². The summed E-state index contributed by atoms with van der Waals surface area (Å²) in [6.07, 6.45) is 2.41. The minimum atomic E-state index is -3.70. The Kier molecular flexibility index (Phi) is 6.29. The molecule has 144 valence electrons. The normalized spacial score (nSPS) is 15.7. The zero-order valence-corrected chi connectivity index (χ0v) is 16.3. The Hall–Kier alpha value is -2.18. The molecule has 1 saturated heterocycles. The average Bonchev–Trinajstić information content (AvgIpc) is 2.69. The molecule has 0 bridgehead atoms. The van der Waals surface area contributed by atoms with Crippen LogP contribution in [0.15, 0.2) is 59.5 Å². The van der Waals surface area contributed by atoms with E-state index in [2.05, 4.69) is 0 Å². The summed E-state index contributed by atoms with van der Waals surface area (Å²) >= 11 is 0. The number of carbonyl (C=O) groups excluding carboxylic acids is 1. The molecule has 0 aliphatic carbocycles. The number of carbonyl (C=O) groups is 1. The maximum absolute atomic E-state index is 12.5. The van der Waals surface area contributed by atoms with Crippen molar-refractivity contribution < 1.29 is 17.4 Å². The number of benzene rings is 2. The van der Waals surface area contributed by atoms with Gasteiger partial charge in [-0.1, -0.05) is 35.9 Å². The second-order valence-electron chi connectivity index (χ2n) is 6.98. The highest BCUT2D eigenvalue weighted by Gasteiger charge is 2.24. The minimum absolute atomic E-state index is 0.0623. The third-order valence-corrected chi connectivity index (χ3v) is 6.32. The second-order valence-corrected chi connectivity index (χ2v) is 8.59. The van der Waals surface area contributed by atoms with E-state index < -0.39 is 10.1 Å². The Bertz CT molecular complexity index is 855. The van der Waals surface area contributed by atoms with Gasteiger partial charge in [-0.15, -0.1) is 0 Å². The molecular weight excluding hydrogens is 362 g/mol. The Morgan fingerprint density at radius 2 is 1.67 bits per heavy atom. The first kappa shape index (κ1) is 19.6. The number of amides is 1. The number of likely N-dealkylation sites (tertiary alicyclic amines) is 1. The third-order valence-electron chi connectivity index (χ3n) is 5.00. The molecule has 1 fully saturated rings. The molecule has 0 atom stereocenters. The van der Waals surface area contributed by atoms with Gasteiger partial charge in [-0.05, 0) is 56.4 Å². The Morgan fingerprint density at radius 3 is 2.30 bits per heavy atom. The van der Waals surface area contributed by atoms with E-state index in [9.17, 15) is 13.2 Å². The van der Waals surface area contributed by atoms with Crippen molar-refractivity contribution in [2.45, 2.75) is 31.1 Å². The standard InChI is InChI=1S/C21H25NO4S/c1-17-7-9-20(10-8-17)27(24,25)26-16-13-18-11-14-22(15-12-18)21(23)19-5-3-2-4-6-19/h2-10,18H,11-16H2,1H3. The first-order chi connectivity index (χ1) is 13.0. The van der Waals surface area contributed by atoms with Crippen molar-refractivity contribution in [1.29, 1.82) is 0 Å². The molecule has 3 rings (SSSR count). The number of rotatable bonds is 6. The van der Waals surface area contributed by atoms with Crippen molar-refractivity contribution in [2.75, 3.05) is 19.7 Å². The summed E-state index contributed by atoms with van der Waals surface area (Å²) in [5, 5.41) is 0. The van der Waals surface area contributed by atoms with Crippen LogP contribution >= 0.6 is 0 Å². The van der Waals surface area contributed by atoms with Crippen LogP contribution in [0.2, 0.25) is 0 Å². The van der Waals surface area contributed by atoms with Crippen LogP contribution in [0.5, 0.6) is 0 Å². The second kappa shape index (κ2) is 8.67. The van der Waals surface area contributed by atoms with E-state index in [0.717, 1.165) is 18.4 Å². The topological polar surface area (TPSA) is 63.7 Å². The Balaban J connectivity index is 1.44. The number of nitrogens with zero attached hydrogens (tertiary/aromatic N) is 1. The molecule has 2 aromatic rings. The summed E-state index contributed by atoms with van der Waals surface area (Å²) in [5.41, 5.74) is 1.72. The van der Waals surface area contributed by atoms with Gasteiger partial charge in [0.25, 0.3) is 16.0 Å². The SMILES string of the molecule is Cc1ccc(S(=O)(=O)OCCC2CCN(C(=O)c3ccccc3)CC2)cc1. The molecule has 2 aromatic carbocycles. The molecule has 27 heavy (non-hydrogen) atoms. The largest absolute Gasteiger partial charge is 0.339 e. The molecule has 6 heteroatoms. The summed E-state index contributed by atoms with van der Waals surface area (Å²) in [4.78, 5) is 14.5. The van der Waals surface area contributed by atoms with Gasteiger partial charge in [0, 0.05) is 18.7 Å². The van der Waals surface area contributed by atoms with E-state index in [4.69, 9.17) is 4.18 Å². The molecule has 0 aromatic heterocycles. The first-order valence-corrected chi connectivity index (χ1v) is 10.7. The maximum Gasteiger partial charge on any atom is 0.296 e. The van der Waals surface area contributed by atoms with Crippen LogP contribution < -0.4 is 0 Å². The van der Waals surface area contributed by atoms with E-state index in [-0.39, 0.29) is 17.4 Å². The Morgan fingerprint density at radius 1 is 1.04 bits per heavy atom. The summed E-state index contributed by atoms with van der Waals surface area (Å²) in [6, 6.07) is 15.9. The zero-order chi connectivity index (χ0) is 19.3. The molecule has 0 unspecified atom stereocenters. The van der Waals surface area contributed by atoms with Crippen LogP contribution in [-0.4, -0.2) is 38.9 Å². The predicted octanol–water partition coefficient (Wildman–Crippen LogP) is 3.64. The highest BCUT2D eigenvalue weighted by Crippen LogP contribution is 2.23. The van der Waals surface area contributed by atoms with E-state index in [1.54, 1.807) is 24.3 Å². The molecule has 0 N–H and O–H groups in total. The average molecular weight is 388 g/mol. The molecule has 5 nitrogen and oxygen atoms in total. The van der Waals surface area contributed by atoms with Crippen LogP contribution in [-0.2, 0) is 14.3 Å². The van der Waals surface area contributed by atoms with E-state index in [0.29, 0.717) is 31.0 Å². The molecule has 0 saturated carbocycles. The summed E-state index contributed by atoms with van der Waals surface area (Å²) in [6.45, 7) is 3.48. The van der Waals surface area contributed by atoms with E-state index >= 15 is 0 Å². The van der Waals surface area contributed by atoms with Gasteiger partial charge < -0.3 is 4.90 Å². The minimum Gasteiger partial charge on any atom is -0.339 e. The van der Waals surface area contributed by atoms with Crippen molar-refractivity contribution in [3.8, 4) is 0 Å². The number of hydrogen-bond acceptors (Lipinski definition) is 4. The van der Waals surface area contributed by atoms with Crippen LogP contribution in [0, 0.1) is 12.8 Å². The van der Waals surface area contributed by atoms with Gasteiger partial charge in [-0.25, -0.2) is 0 Å². The molecule has 1 heterocycles. The molecule has 1 amide bonds. The van der Waals surface area contributed by atoms with Crippen LogP contribution in [0.3, 0.4) is 0 Å². The lowest BCUT2D eigenvalue weighted by Gasteiger charge is -2.32. The number of hydrogen-bond donors (Lipinski definition) is 0. The summed E-state index contributed by atoms with van der Waals surface area (Å²) in [7, 11) is -3.70.